The van der Waals surface area contributed by atoms with Gasteiger partial charge in [0.15, 0.2) is 11.6 Å². The monoisotopic (exact) mass is 283 g/mol. The first kappa shape index (κ1) is 14.4. The van der Waals surface area contributed by atoms with Crippen LogP contribution in [0.25, 0.3) is 0 Å². The highest BCUT2D eigenvalue weighted by Gasteiger charge is 2.13. The second-order valence-corrected chi connectivity index (χ2v) is 4.97. The molecule has 0 radical (unpaired) electrons. The molecule has 0 aliphatic carbocycles. The van der Waals surface area contributed by atoms with Gasteiger partial charge in [-0.1, -0.05) is 13.8 Å². The number of aryl methyl sites for hydroxylation is 1. The third kappa shape index (κ3) is 2.95. The molecule has 20 heavy (non-hydrogen) atoms. The molecule has 2 aromatic rings. The number of hydrogen-bond acceptors (Lipinski definition) is 2. The van der Waals surface area contributed by atoms with Crippen LogP contribution in [0.5, 0.6) is 0 Å². The van der Waals surface area contributed by atoms with Gasteiger partial charge < -0.3 is 5.32 Å². The Kier molecular flexibility index (Phi) is 4.01. The van der Waals surface area contributed by atoms with Crippen molar-refractivity contribution in [1.29, 1.82) is 0 Å². The minimum Gasteiger partial charge on any atom is -0.378 e. The summed E-state index contributed by atoms with van der Waals surface area (Å²) in [5.41, 5.74) is 1.72. The van der Waals surface area contributed by atoms with Crippen molar-refractivity contribution in [2.45, 2.75) is 26.3 Å². The third-order valence-electron chi connectivity index (χ3n) is 2.96. The van der Waals surface area contributed by atoms with Gasteiger partial charge in [-0.05, 0) is 5.92 Å². The third-order valence-corrected chi connectivity index (χ3v) is 2.96. The van der Waals surface area contributed by atoms with Gasteiger partial charge >= 0.3 is 0 Å². The lowest BCUT2D eigenvalue weighted by atomic mass is 10.1. The highest BCUT2D eigenvalue weighted by atomic mass is 19.2. The summed E-state index contributed by atoms with van der Waals surface area (Å²) in [6, 6.07) is 1.35. The summed E-state index contributed by atoms with van der Waals surface area (Å²) in [5.74, 6) is -2.87. The van der Waals surface area contributed by atoms with Gasteiger partial charge in [0, 0.05) is 37.5 Å². The smallest absolute Gasteiger partial charge is 0.161 e. The second kappa shape index (κ2) is 5.56. The van der Waals surface area contributed by atoms with Crippen LogP contribution in [0.3, 0.4) is 0 Å². The quantitative estimate of drug-likeness (QED) is 0.869. The first-order valence-electron chi connectivity index (χ1n) is 6.29. The Balaban J connectivity index is 2.19. The first-order valence-corrected chi connectivity index (χ1v) is 6.29. The van der Waals surface area contributed by atoms with E-state index < -0.39 is 17.5 Å². The molecule has 0 saturated carbocycles. The highest BCUT2D eigenvalue weighted by Crippen LogP contribution is 2.21. The fraction of sp³-hybridized carbons (Fsp3) is 0.357. The van der Waals surface area contributed by atoms with Crippen molar-refractivity contribution in [3.05, 3.63) is 47.0 Å². The van der Waals surface area contributed by atoms with Crippen LogP contribution in [0, 0.1) is 17.5 Å². The number of halogens is 3. The molecule has 0 atom stereocenters. The first-order chi connectivity index (χ1) is 9.38. The Hall–Kier alpha value is -1.98. The maximum atomic E-state index is 13.5. The van der Waals surface area contributed by atoms with E-state index in [9.17, 15) is 13.2 Å². The maximum Gasteiger partial charge on any atom is 0.161 e. The van der Waals surface area contributed by atoms with E-state index in [2.05, 4.69) is 10.4 Å². The van der Waals surface area contributed by atoms with E-state index in [-0.39, 0.29) is 11.6 Å². The maximum absolute atomic E-state index is 13.5. The molecule has 0 saturated heterocycles. The average Bonchev–Trinajstić information content (AvgIpc) is 2.74. The van der Waals surface area contributed by atoms with Crippen molar-refractivity contribution in [2.24, 2.45) is 7.05 Å². The van der Waals surface area contributed by atoms with Crippen molar-refractivity contribution in [3.8, 4) is 0 Å². The zero-order chi connectivity index (χ0) is 14.9. The fourth-order valence-corrected chi connectivity index (χ4v) is 2.03. The lowest BCUT2D eigenvalue weighted by Crippen LogP contribution is -2.05. The molecule has 3 nitrogen and oxygen atoms in total. The van der Waals surface area contributed by atoms with E-state index in [1.807, 2.05) is 20.0 Å². The van der Waals surface area contributed by atoms with Crippen LogP contribution in [0.4, 0.5) is 18.9 Å². The van der Waals surface area contributed by atoms with Crippen LogP contribution in [-0.4, -0.2) is 9.78 Å². The van der Waals surface area contributed by atoms with E-state index in [1.54, 1.807) is 11.7 Å². The van der Waals surface area contributed by atoms with E-state index >= 15 is 0 Å². The number of nitrogens with one attached hydrogen (secondary N) is 1. The molecular weight excluding hydrogens is 267 g/mol. The number of rotatable bonds is 4. The fourth-order valence-electron chi connectivity index (χ4n) is 2.03. The van der Waals surface area contributed by atoms with Crippen molar-refractivity contribution in [3.63, 3.8) is 0 Å². The van der Waals surface area contributed by atoms with Crippen molar-refractivity contribution in [1.82, 2.24) is 9.78 Å². The molecule has 0 bridgehead atoms. The van der Waals surface area contributed by atoms with Crippen molar-refractivity contribution >= 4 is 5.69 Å². The largest absolute Gasteiger partial charge is 0.378 e. The Morgan fingerprint density at radius 2 is 1.80 bits per heavy atom. The molecule has 108 valence electrons. The Labute approximate surface area is 115 Å². The molecule has 0 spiro atoms. The Morgan fingerprint density at radius 3 is 2.45 bits per heavy atom. The van der Waals surface area contributed by atoms with Crippen LogP contribution in [0.2, 0.25) is 0 Å². The van der Waals surface area contributed by atoms with Gasteiger partial charge in [-0.15, -0.1) is 0 Å². The molecule has 0 amide bonds. The van der Waals surface area contributed by atoms with Gasteiger partial charge in [0.1, 0.15) is 5.82 Å². The van der Waals surface area contributed by atoms with E-state index in [0.717, 1.165) is 17.3 Å². The molecule has 0 fully saturated rings. The van der Waals surface area contributed by atoms with Gasteiger partial charge in [0.2, 0.25) is 0 Å². The van der Waals surface area contributed by atoms with Crippen LogP contribution in [-0.2, 0) is 13.6 Å². The predicted octanol–water partition coefficient (Wildman–Crippen LogP) is 3.57. The molecular formula is C14H16F3N3. The topological polar surface area (TPSA) is 29.9 Å². The molecule has 1 aromatic heterocycles. The molecule has 2 rings (SSSR count). The SMILES string of the molecule is CC(C)c1nn(C)cc1CNc1cc(F)c(F)cc1F. The van der Waals surface area contributed by atoms with Crippen molar-refractivity contribution < 1.29 is 13.2 Å². The number of hydrogen-bond donors (Lipinski definition) is 1. The number of nitrogens with zero attached hydrogens (tertiary/aromatic N) is 2. The standard InChI is InChI=1S/C14H16F3N3/c1-8(2)14-9(7-20(3)19-14)6-18-13-5-11(16)10(15)4-12(13)17/h4-5,7-8,18H,6H2,1-3H3. The second-order valence-electron chi connectivity index (χ2n) is 4.97. The number of anilines is 1. The molecule has 6 heteroatoms. The predicted molar refractivity (Wildman–Crippen MR) is 70.9 cm³/mol. The molecule has 1 aromatic carbocycles. The van der Waals surface area contributed by atoms with E-state index in [1.165, 1.54) is 0 Å². The zero-order valence-electron chi connectivity index (χ0n) is 11.5. The Morgan fingerprint density at radius 1 is 1.15 bits per heavy atom. The Bertz CT molecular complexity index is 620. The van der Waals surface area contributed by atoms with Crippen LogP contribution in [0.15, 0.2) is 18.3 Å². The molecule has 1 heterocycles. The summed E-state index contributed by atoms with van der Waals surface area (Å²) in [7, 11) is 1.80. The lowest BCUT2D eigenvalue weighted by molar-refractivity contribution is 0.496. The van der Waals surface area contributed by atoms with Gasteiger partial charge in [-0.25, -0.2) is 13.2 Å². The van der Waals surface area contributed by atoms with Crippen molar-refractivity contribution in [2.75, 3.05) is 5.32 Å². The molecule has 1 N–H and O–H groups in total. The van der Waals surface area contributed by atoms with Gasteiger partial charge in [0.25, 0.3) is 0 Å². The van der Waals surface area contributed by atoms with Gasteiger partial charge in [-0.3, -0.25) is 4.68 Å². The molecule has 0 unspecified atom stereocenters. The summed E-state index contributed by atoms with van der Waals surface area (Å²) in [6.07, 6.45) is 1.82. The zero-order valence-corrected chi connectivity index (χ0v) is 11.5. The number of aromatic nitrogens is 2. The summed E-state index contributed by atoms with van der Waals surface area (Å²) in [5, 5.41) is 7.10. The molecule has 0 aliphatic rings. The van der Waals surface area contributed by atoms with E-state index in [4.69, 9.17) is 0 Å². The summed E-state index contributed by atoms with van der Waals surface area (Å²) >= 11 is 0. The average molecular weight is 283 g/mol. The van der Waals surface area contributed by atoms with Gasteiger partial charge in [0.05, 0.1) is 11.4 Å². The highest BCUT2D eigenvalue weighted by molar-refractivity contribution is 5.46. The summed E-state index contributed by atoms with van der Waals surface area (Å²) in [6.45, 7) is 4.30. The van der Waals surface area contributed by atoms with Crippen LogP contribution < -0.4 is 5.32 Å². The van der Waals surface area contributed by atoms with Crippen LogP contribution in [0.1, 0.15) is 31.0 Å². The number of benzene rings is 1. The minimum absolute atomic E-state index is 0.0672. The van der Waals surface area contributed by atoms with Gasteiger partial charge in [-0.2, -0.15) is 5.10 Å². The summed E-state index contributed by atoms with van der Waals surface area (Å²) < 4.78 is 41.1. The summed E-state index contributed by atoms with van der Waals surface area (Å²) in [4.78, 5) is 0. The molecule has 0 aliphatic heterocycles. The van der Waals surface area contributed by atoms with Crippen LogP contribution >= 0.6 is 0 Å². The minimum atomic E-state index is -1.20. The van der Waals surface area contributed by atoms with E-state index in [0.29, 0.717) is 12.6 Å². The lowest BCUT2D eigenvalue weighted by Gasteiger charge is -2.09. The normalized spacial score (nSPS) is 11.2.